The molecule has 1 aromatic rings. The van der Waals surface area contributed by atoms with Crippen molar-refractivity contribution >= 4 is 17.7 Å². The molecule has 6 heteroatoms. The average Bonchev–Trinajstić information content (AvgIpc) is 2.73. The molecule has 2 aliphatic heterocycles. The molecule has 1 unspecified atom stereocenters. The number of pyridine rings is 1. The molecule has 0 radical (unpaired) electrons. The van der Waals surface area contributed by atoms with Crippen LogP contribution < -0.4 is 0 Å². The molecule has 1 N–H and O–H groups in total. The van der Waals surface area contributed by atoms with Crippen LogP contribution in [0.1, 0.15) is 32.8 Å². The van der Waals surface area contributed by atoms with Crippen molar-refractivity contribution in [3.05, 3.63) is 29.0 Å². The number of carbonyl (C=O) groups excluding carboxylic acids is 1. The molecule has 22 heavy (non-hydrogen) atoms. The summed E-state index contributed by atoms with van der Waals surface area (Å²) >= 11 is 5.83. The third kappa shape index (κ3) is 1.75. The van der Waals surface area contributed by atoms with Crippen LogP contribution in [0.25, 0.3) is 0 Å². The highest BCUT2D eigenvalue weighted by Crippen LogP contribution is 2.71. The molecule has 5 atom stereocenters. The summed E-state index contributed by atoms with van der Waals surface area (Å²) in [5, 5.41) is 11.7. The van der Waals surface area contributed by atoms with E-state index in [1.807, 2.05) is 20.8 Å². The smallest absolute Gasteiger partial charge is 0.410 e. The summed E-state index contributed by atoms with van der Waals surface area (Å²) in [5.41, 5.74) is -0.818. The Kier molecular flexibility index (Phi) is 2.69. The van der Waals surface area contributed by atoms with Gasteiger partial charge in [-0.2, -0.15) is 0 Å². The fourth-order valence-electron chi connectivity index (χ4n) is 4.36. The fourth-order valence-corrected chi connectivity index (χ4v) is 4.47. The highest BCUT2D eigenvalue weighted by molar-refractivity contribution is 6.29. The quantitative estimate of drug-likeness (QED) is 0.807. The number of aromatic nitrogens is 1. The van der Waals surface area contributed by atoms with Crippen LogP contribution in [-0.4, -0.2) is 38.8 Å². The van der Waals surface area contributed by atoms with Crippen LogP contribution in [0.4, 0.5) is 4.79 Å². The summed E-state index contributed by atoms with van der Waals surface area (Å²) in [7, 11) is 0. The average molecular weight is 323 g/mol. The van der Waals surface area contributed by atoms with Gasteiger partial charge in [0.2, 0.25) is 0 Å². The zero-order valence-electron chi connectivity index (χ0n) is 12.8. The van der Waals surface area contributed by atoms with Crippen molar-refractivity contribution in [2.45, 2.75) is 50.5 Å². The van der Waals surface area contributed by atoms with Crippen LogP contribution >= 0.6 is 11.6 Å². The minimum Gasteiger partial charge on any atom is -0.444 e. The van der Waals surface area contributed by atoms with Gasteiger partial charge in [0.25, 0.3) is 0 Å². The van der Waals surface area contributed by atoms with E-state index in [0.717, 1.165) is 12.0 Å². The standard InChI is InChI=1S/C16H19ClN2O3/c1-15(2,3)22-14(20)19-10-6-9-12(13(9)19)16(10,21)8-4-5-11(17)18-7-8/h4-5,7,9-10,12-13,21H,6H2,1-3H3/t9-,10+,12+,13-,16?/m0/s1. The highest BCUT2D eigenvalue weighted by Gasteiger charge is 2.81. The third-order valence-electron chi connectivity index (χ3n) is 5.09. The maximum absolute atomic E-state index is 12.5. The zero-order chi connectivity index (χ0) is 15.9. The molecule has 1 amide bonds. The molecule has 3 heterocycles. The Morgan fingerprint density at radius 3 is 2.77 bits per heavy atom. The number of piperidine rings is 2. The molecule has 2 saturated heterocycles. The van der Waals surface area contributed by atoms with E-state index in [0.29, 0.717) is 11.1 Å². The summed E-state index contributed by atoms with van der Waals surface area (Å²) in [6, 6.07) is 3.35. The van der Waals surface area contributed by atoms with Gasteiger partial charge in [0.05, 0.1) is 6.04 Å². The van der Waals surface area contributed by atoms with Crippen molar-refractivity contribution in [1.29, 1.82) is 0 Å². The Morgan fingerprint density at radius 2 is 2.23 bits per heavy atom. The third-order valence-corrected chi connectivity index (χ3v) is 5.31. The van der Waals surface area contributed by atoms with Gasteiger partial charge in [-0.15, -0.1) is 0 Å². The number of amides is 1. The van der Waals surface area contributed by atoms with Gasteiger partial charge >= 0.3 is 6.09 Å². The Bertz CT molecular complexity index is 642. The first kappa shape index (κ1) is 14.3. The summed E-state index contributed by atoms with van der Waals surface area (Å²) in [5.74, 6) is 0.464. The predicted molar refractivity (Wildman–Crippen MR) is 80.4 cm³/mol. The Balaban J connectivity index is 1.64. The van der Waals surface area contributed by atoms with Crippen LogP contribution in [-0.2, 0) is 10.3 Å². The van der Waals surface area contributed by atoms with Crippen LogP contribution in [0.5, 0.6) is 0 Å². The molecule has 0 aromatic carbocycles. The lowest BCUT2D eigenvalue weighted by atomic mass is 9.88. The first-order valence-corrected chi connectivity index (χ1v) is 7.97. The number of ether oxygens (including phenoxy) is 1. The van der Waals surface area contributed by atoms with Crippen LogP contribution in [0.3, 0.4) is 0 Å². The van der Waals surface area contributed by atoms with Crippen LogP contribution in [0, 0.1) is 11.8 Å². The van der Waals surface area contributed by atoms with Gasteiger partial charge in [0.1, 0.15) is 16.4 Å². The molecular weight excluding hydrogens is 304 g/mol. The minimum atomic E-state index is -1.02. The van der Waals surface area contributed by atoms with Gasteiger partial charge in [-0.25, -0.2) is 9.78 Å². The lowest BCUT2D eigenvalue weighted by Gasteiger charge is -2.32. The second-order valence-electron chi connectivity index (χ2n) is 7.51. The largest absolute Gasteiger partial charge is 0.444 e. The molecule has 2 saturated carbocycles. The number of aliphatic hydroxyl groups is 1. The lowest BCUT2D eigenvalue weighted by Crippen LogP contribution is -2.45. The second-order valence-corrected chi connectivity index (χ2v) is 7.90. The summed E-state index contributed by atoms with van der Waals surface area (Å²) in [6.07, 6.45) is 2.12. The van der Waals surface area contributed by atoms with E-state index in [2.05, 4.69) is 4.98 Å². The maximum atomic E-state index is 12.5. The number of hydrogen-bond donors (Lipinski definition) is 1. The van der Waals surface area contributed by atoms with Crippen molar-refractivity contribution in [1.82, 2.24) is 9.88 Å². The van der Waals surface area contributed by atoms with E-state index in [9.17, 15) is 9.90 Å². The Hall–Kier alpha value is -1.33. The topological polar surface area (TPSA) is 62.7 Å². The van der Waals surface area contributed by atoms with Gasteiger partial charge < -0.3 is 9.84 Å². The summed E-state index contributed by atoms with van der Waals surface area (Å²) in [4.78, 5) is 18.3. The number of halogens is 1. The molecule has 5 nitrogen and oxygen atoms in total. The first-order chi connectivity index (χ1) is 10.2. The van der Waals surface area contributed by atoms with Crippen molar-refractivity contribution in [3.63, 3.8) is 0 Å². The molecule has 4 fully saturated rings. The second kappa shape index (κ2) is 4.15. The van der Waals surface area contributed by atoms with E-state index in [1.165, 1.54) is 0 Å². The summed E-state index contributed by atoms with van der Waals surface area (Å²) in [6.45, 7) is 5.56. The van der Waals surface area contributed by atoms with Gasteiger partial charge in [-0.3, -0.25) is 4.90 Å². The van der Waals surface area contributed by atoms with Crippen molar-refractivity contribution < 1.29 is 14.6 Å². The van der Waals surface area contributed by atoms with Gasteiger partial charge in [-0.05, 0) is 39.2 Å². The van der Waals surface area contributed by atoms with Crippen molar-refractivity contribution in [2.24, 2.45) is 11.8 Å². The normalized spacial score (nSPS) is 38.3. The molecule has 1 aromatic heterocycles. The Labute approximate surface area is 134 Å². The van der Waals surface area contributed by atoms with E-state index in [-0.39, 0.29) is 24.1 Å². The van der Waals surface area contributed by atoms with E-state index in [1.54, 1.807) is 23.2 Å². The SMILES string of the molecule is CC(C)(C)OC(=O)N1[C@H]2[C@H]3C[C@@H]1C(O)(c1ccc(Cl)nc1)[C@H]32. The van der Waals surface area contributed by atoms with Crippen LogP contribution in [0.2, 0.25) is 5.15 Å². The number of rotatable bonds is 1. The number of hydrogen-bond acceptors (Lipinski definition) is 4. The monoisotopic (exact) mass is 322 g/mol. The molecule has 118 valence electrons. The van der Waals surface area contributed by atoms with Crippen LogP contribution in [0.15, 0.2) is 18.3 Å². The highest BCUT2D eigenvalue weighted by atomic mass is 35.5. The van der Waals surface area contributed by atoms with Gasteiger partial charge in [0, 0.05) is 23.7 Å². The molecule has 0 spiro atoms. The molecule has 4 bridgehead atoms. The van der Waals surface area contributed by atoms with Gasteiger partial charge in [0.15, 0.2) is 0 Å². The lowest BCUT2D eigenvalue weighted by molar-refractivity contribution is -0.0185. The van der Waals surface area contributed by atoms with E-state index in [4.69, 9.17) is 16.3 Å². The van der Waals surface area contributed by atoms with Crippen molar-refractivity contribution in [3.8, 4) is 0 Å². The predicted octanol–water partition coefficient (Wildman–Crippen LogP) is 2.56. The molecule has 2 aliphatic carbocycles. The number of nitrogens with zero attached hydrogens (tertiary/aromatic N) is 2. The molecule has 5 rings (SSSR count). The summed E-state index contributed by atoms with van der Waals surface area (Å²) < 4.78 is 5.50. The Morgan fingerprint density at radius 1 is 1.50 bits per heavy atom. The minimum absolute atomic E-state index is 0.0907. The van der Waals surface area contributed by atoms with Crippen molar-refractivity contribution in [2.75, 3.05) is 0 Å². The van der Waals surface area contributed by atoms with E-state index < -0.39 is 11.2 Å². The molecule has 4 aliphatic rings. The molecular formula is C16H19ClN2O3. The fraction of sp³-hybridized carbons (Fsp3) is 0.625. The zero-order valence-corrected chi connectivity index (χ0v) is 13.5. The van der Waals surface area contributed by atoms with Gasteiger partial charge in [-0.1, -0.05) is 17.7 Å². The van der Waals surface area contributed by atoms with E-state index >= 15 is 0 Å². The maximum Gasteiger partial charge on any atom is 0.410 e. The first-order valence-electron chi connectivity index (χ1n) is 7.59. The number of carbonyl (C=O) groups is 1.